The minimum absolute atomic E-state index is 1.06. The maximum absolute atomic E-state index is 3.35. The second kappa shape index (κ2) is 7.46. The van der Waals surface area contributed by atoms with E-state index < -0.39 is 9.28 Å². The number of hydrogen-bond donors (Lipinski definition) is 2. The first-order chi connectivity index (χ1) is 6.21. The van der Waals surface area contributed by atoms with E-state index in [-0.39, 0.29) is 0 Å². The van der Waals surface area contributed by atoms with Gasteiger partial charge in [-0.2, -0.15) is 0 Å². The van der Waals surface area contributed by atoms with E-state index in [1.807, 2.05) is 14.1 Å². The van der Waals surface area contributed by atoms with Crippen molar-refractivity contribution in [2.75, 3.05) is 34.2 Å². The van der Waals surface area contributed by atoms with E-state index in [4.69, 9.17) is 0 Å². The first kappa shape index (κ1) is 13.1. The number of rotatable bonds is 7. The summed E-state index contributed by atoms with van der Waals surface area (Å²) in [5.74, 6) is 0. The molecule has 0 aliphatic carbocycles. The van der Waals surface area contributed by atoms with E-state index in [1.54, 1.807) is 0 Å². The van der Waals surface area contributed by atoms with Gasteiger partial charge in [0, 0.05) is 20.1 Å². The van der Waals surface area contributed by atoms with Gasteiger partial charge in [0.1, 0.15) is 0 Å². The van der Waals surface area contributed by atoms with Crippen molar-refractivity contribution in [3.05, 3.63) is 0 Å². The summed E-state index contributed by atoms with van der Waals surface area (Å²) in [6, 6.07) is 0. The van der Waals surface area contributed by atoms with Gasteiger partial charge in [-0.15, -0.1) is 0 Å². The van der Waals surface area contributed by atoms with Crippen LogP contribution >= 0.6 is 0 Å². The molecule has 13 heavy (non-hydrogen) atoms. The van der Waals surface area contributed by atoms with Gasteiger partial charge in [-0.05, 0) is 20.5 Å². The molecule has 0 amide bonds. The second-order valence-electron chi connectivity index (χ2n) is 3.12. The quantitative estimate of drug-likeness (QED) is 0.441. The Kier molecular flexibility index (Phi) is 7.49. The molecule has 80 valence electrons. The van der Waals surface area contributed by atoms with Gasteiger partial charge in [0.2, 0.25) is 0 Å². The molecule has 0 saturated heterocycles. The fourth-order valence-electron chi connectivity index (χ4n) is 1.52. The highest BCUT2D eigenvalue weighted by atomic mass is 28.3. The van der Waals surface area contributed by atoms with Crippen LogP contribution in [0, 0.1) is 0 Å². The molecule has 5 heteroatoms. The number of hydrogen-bond acceptors (Lipinski definition) is 4. The highest BCUT2D eigenvalue weighted by Gasteiger charge is 2.18. The Morgan fingerprint density at radius 1 is 1.15 bits per heavy atom. The van der Waals surface area contributed by atoms with Gasteiger partial charge in [-0.25, -0.2) is 9.68 Å². The van der Waals surface area contributed by atoms with Crippen LogP contribution in [0.5, 0.6) is 0 Å². The maximum atomic E-state index is 3.35. The third-order valence-corrected chi connectivity index (χ3v) is 4.60. The zero-order chi connectivity index (χ0) is 10.3. The summed E-state index contributed by atoms with van der Waals surface area (Å²) in [6.07, 6.45) is 1.20. The highest BCUT2D eigenvalue weighted by Crippen LogP contribution is 1.96. The summed E-state index contributed by atoms with van der Waals surface area (Å²) < 4.78 is 2.41. The van der Waals surface area contributed by atoms with Gasteiger partial charge < -0.3 is 9.96 Å². The third-order valence-electron chi connectivity index (χ3n) is 2.15. The SMILES string of the molecule is CCCN(C)N(CC)[SiH](NC)NC. The molecular weight excluding hydrogens is 180 g/mol. The first-order valence-corrected chi connectivity index (χ1v) is 6.70. The number of hydrazine groups is 1. The lowest BCUT2D eigenvalue weighted by atomic mass is 10.5. The minimum atomic E-state index is -1.14. The predicted octanol–water partition coefficient (Wildman–Crippen LogP) is -0.279. The summed E-state index contributed by atoms with van der Waals surface area (Å²) in [6.45, 7) is 6.59. The monoisotopic (exact) mass is 204 g/mol. The van der Waals surface area contributed by atoms with Crippen LogP contribution < -0.4 is 9.96 Å². The van der Waals surface area contributed by atoms with Crippen molar-refractivity contribution in [2.45, 2.75) is 20.3 Å². The fourth-order valence-corrected chi connectivity index (χ4v) is 3.28. The Bertz CT molecular complexity index is 119. The number of nitrogens with zero attached hydrogens (tertiary/aromatic N) is 2. The van der Waals surface area contributed by atoms with Crippen LogP contribution in [0.3, 0.4) is 0 Å². The van der Waals surface area contributed by atoms with E-state index >= 15 is 0 Å². The first-order valence-electron chi connectivity index (χ1n) is 5.03. The average molecular weight is 204 g/mol. The largest absolute Gasteiger partial charge is 0.318 e. The molecule has 0 aromatic heterocycles. The standard InChI is InChI=1S/C8H24N4Si/c1-6-8-11(5)12(7-2)13(9-3)10-4/h9-10,13H,6-8H2,1-5H3. The van der Waals surface area contributed by atoms with E-state index in [2.05, 4.69) is 40.5 Å². The zero-order valence-corrected chi connectivity index (χ0v) is 10.7. The molecule has 0 fully saturated rings. The molecule has 0 bridgehead atoms. The normalized spacial score (nSPS) is 12.0. The van der Waals surface area contributed by atoms with Crippen molar-refractivity contribution in [3.8, 4) is 0 Å². The molecule has 0 aromatic rings. The summed E-state index contributed by atoms with van der Waals surface area (Å²) in [5.41, 5.74) is 0. The Hall–Kier alpha value is 0.0569. The van der Waals surface area contributed by atoms with Crippen molar-refractivity contribution in [1.29, 1.82) is 0 Å². The van der Waals surface area contributed by atoms with Crippen LogP contribution in [-0.2, 0) is 0 Å². The lowest BCUT2D eigenvalue weighted by molar-refractivity contribution is 0.0858. The van der Waals surface area contributed by atoms with E-state index in [0.29, 0.717) is 0 Å². The summed E-state index contributed by atoms with van der Waals surface area (Å²) >= 11 is 0. The summed E-state index contributed by atoms with van der Waals surface area (Å²) in [5, 5.41) is 2.31. The Labute approximate surface area is 84.1 Å². The highest BCUT2D eigenvalue weighted by molar-refractivity contribution is 6.49. The van der Waals surface area contributed by atoms with Crippen LogP contribution in [0.2, 0.25) is 0 Å². The third kappa shape index (κ3) is 4.19. The van der Waals surface area contributed by atoms with E-state index in [1.165, 1.54) is 6.42 Å². The number of nitrogens with one attached hydrogen (secondary N) is 2. The zero-order valence-electron chi connectivity index (χ0n) is 9.59. The molecule has 0 radical (unpaired) electrons. The lowest BCUT2D eigenvalue weighted by Crippen LogP contribution is -2.62. The maximum Gasteiger partial charge on any atom is 0.280 e. The van der Waals surface area contributed by atoms with Gasteiger partial charge in [-0.1, -0.05) is 13.8 Å². The van der Waals surface area contributed by atoms with Gasteiger partial charge >= 0.3 is 0 Å². The van der Waals surface area contributed by atoms with E-state index in [9.17, 15) is 0 Å². The summed E-state index contributed by atoms with van der Waals surface area (Å²) in [4.78, 5) is 6.71. The lowest BCUT2D eigenvalue weighted by Gasteiger charge is -2.35. The Morgan fingerprint density at radius 3 is 2.00 bits per heavy atom. The molecule has 0 spiro atoms. The van der Waals surface area contributed by atoms with Crippen molar-refractivity contribution >= 4 is 9.28 Å². The van der Waals surface area contributed by atoms with E-state index in [0.717, 1.165) is 13.1 Å². The van der Waals surface area contributed by atoms with Crippen molar-refractivity contribution in [2.24, 2.45) is 0 Å². The van der Waals surface area contributed by atoms with Gasteiger partial charge in [0.25, 0.3) is 9.28 Å². The van der Waals surface area contributed by atoms with Crippen LogP contribution in [0.1, 0.15) is 20.3 Å². The fraction of sp³-hybridized carbons (Fsp3) is 1.00. The van der Waals surface area contributed by atoms with Crippen LogP contribution in [0.25, 0.3) is 0 Å². The Morgan fingerprint density at radius 2 is 1.69 bits per heavy atom. The molecular formula is C8H24N4Si. The molecule has 2 N–H and O–H groups in total. The molecule has 0 rings (SSSR count). The van der Waals surface area contributed by atoms with Crippen LogP contribution in [0.4, 0.5) is 0 Å². The van der Waals surface area contributed by atoms with Gasteiger partial charge in [0.05, 0.1) is 0 Å². The van der Waals surface area contributed by atoms with Gasteiger partial charge in [0.15, 0.2) is 0 Å². The van der Waals surface area contributed by atoms with Crippen molar-refractivity contribution < 1.29 is 0 Å². The predicted molar refractivity (Wildman–Crippen MR) is 60.6 cm³/mol. The molecule has 0 aromatic carbocycles. The average Bonchev–Trinajstić information content (AvgIpc) is 2.14. The smallest absolute Gasteiger partial charge is 0.280 e. The van der Waals surface area contributed by atoms with Crippen molar-refractivity contribution in [3.63, 3.8) is 0 Å². The molecule has 0 aliphatic rings. The molecule has 0 heterocycles. The molecule has 0 unspecified atom stereocenters. The molecule has 0 aliphatic heterocycles. The van der Waals surface area contributed by atoms with Crippen LogP contribution in [-0.4, -0.2) is 53.2 Å². The topological polar surface area (TPSA) is 30.5 Å². The van der Waals surface area contributed by atoms with Crippen LogP contribution in [0.15, 0.2) is 0 Å². The molecule has 4 nitrogen and oxygen atoms in total. The second-order valence-corrected chi connectivity index (χ2v) is 5.67. The van der Waals surface area contributed by atoms with Crippen molar-refractivity contribution in [1.82, 2.24) is 19.6 Å². The minimum Gasteiger partial charge on any atom is -0.318 e. The molecule has 0 saturated carbocycles. The Balaban J connectivity index is 4.11. The molecule has 0 atom stereocenters. The van der Waals surface area contributed by atoms with Gasteiger partial charge in [-0.3, -0.25) is 0 Å². The summed E-state index contributed by atoms with van der Waals surface area (Å²) in [7, 11) is 5.06.